The highest BCUT2D eigenvalue weighted by Crippen LogP contribution is 2.32. The number of aliphatic hydroxyl groups is 1. The van der Waals surface area contributed by atoms with Gasteiger partial charge in [-0.25, -0.2) is 0 Å². The van der Waals surface area contributed by atoms with Crippen LogP contribution in [0.25, 0.3) is 5.57 Å². The predicted octanol–water partition coefficient (Wildman–Crippen LogP) is 4.57. The van der Waals surface area contributed by atoms with E-state index in [-0.39, 0.29) is 17.8 Å². The van der Waals surface area contributed by atoms with Gasteiger partial charge in [0.15, 0.2) is 0 Å². The summed E-state index contributed by atoms with van der Waals surface area (Å²) in [7, 11) is 0. The molecule has 0 amide bonds. The van der Waals surface area contributed by atoms with Gasteiger partial charge in [-0.05, 0) is 64.0 Å². The summed E-state index contributed by atoms with van der Waals surface area (Å²) in [5, 5.41) is 21.3. The van der Waals surface area contributed by atoms with Crippen molar-refractivity contribution in [1.82, 2.24) is 4.90 Å². The molecule has 134 valence electrons. The summed E-state index contributed by atoms with van der Waals surface area (Å²) >= 11 is 0. The zero-order valence-corrected chi connectivity index (χ0v) is 15.8. The molecule has 2 aromatic carbocycles. The van der Waals surface area contributed by atoms with E-state index >= 15 is 0 Å². The second-order valence-electron chi connectivity index (χ2n) is 7.02. The fraction of sp³-hybridized carbons (Fsp3) is 0.364. The van der Waals surface area contributed by atoms with E-state index in [0.29, 0.717) is 0 Å². The molecule has 0 aliphatic rings. The van der Waals surface area contributed by atoms with Crippen molar-refractivity contribution in [2.75, 3.05) is 0 Å². The van der Waals surface area contributed by atoms with Crippen LogP contribution in [0.3, 0.4) is 0 Å². The van der Waals surface area contributed by atoms with E-state index in [1.165, 1.54) is 0 Å². The van der Waals surface area contributed by atoms with Crippen molar-refractivity contribution in [2.24, 2.45) is 0 Å². The first-order chi connectivity index (χ1) is 11.8. The minimum Gasteiger partial charge on any atom is -0.507 e. The summed E-state index contributed by atoms with van der Waals surface area (Å²) in [5.41, 5.74) is 3.60. The average molecular weight is 339 g/mol. The van der Waals surface area contributed by atoms with Gasteiger partial charge in [0, 0.05) is 17.6 Å². The molecule has 0 fully saturated rings. The molecule has 0 bridgehead atoms. The van der Waals surface area contributed by atoms with Crippen LogP contribution >= 0.6 is 0 Å². The van der Waals surface area contributed by atoms with Crippen molar-refractivity contribution in [2.45, 2.75) is 52.9 Å². The van der Waals surface area contributed by atoms with E-state index in [9.17, 15) is 10.2 Å². The average Bonchev–Trinajstić information content (AvgIpc) is 2.55. The molecule has 2 rings (SSSR count). The van der Waals surface area contributed by atoms with Crippen molar-refractivity contribution < 1.29 is 10.2 Å². The summed E-state index contributed by atoms with van der Waals surface area (Å²) in [4.78, 5) is 2.04. The second-order valence-corrected chi connectivity index (χ2v) is 7.02. The Morgan fingerprint density at radius 1 is 0.960 bits per heavy atom. The molecule has 0 saturated heterocycles. The lowest BCUT2D eigenvalue weighted by atomic mass is 9.94. The van der Waals surface area contributed by atoms with E-state index in [2.05, 4.69) is 27.7 Å². The van der Waals surface area contributed by atoms with Crippen molar-refractivity contribution >= 4 is 5.57 Å². The Balaban J connectivity index is 2.57. The van der Waals surface area contributed by atoms with E-state index in [1.807, 2.05) is 60.4 Å². The van der Waals surface area contributed by atoms with Crippen molar-refractivity contribution in [3.05, 3.63) is 71.3 Å². The standard InChI is InChI=1S/C22H29NO2/c1-15(2)23(16(3)4)22(25)14-19(18-9-7-6-8-10-18)20-13-17(5)11-12-21(20)24/h6-16,22,24-25H,1-5H3/b19-14-. The van der Waals surface area contributed by atoms with Crippen LogP contribution in [0.4, 0.5) is 0 Å². The maximum absolute atomic E-state index is 10.9. The summed E-state index contributed by atoms with van der Waals surface area (Å²) in [5.74, 6) is 0.216. The Hall–Kier alpha value is -2.10. The van der Waals surface area contributed by atoms with Gasteiger partial charge in [0.25, 0.3) is 0 Å². The van der Waals surface area contributed by atoms with E-state index in [1.54, 1.807) is 6.07 Å². The van der Waals surface area contributed by atoms with Gasteiger partial charge < -0.3 is 10.2 Å². The highest BCUT2D eigenvalue weighted by molar-refractivity contribution is 5.83. The number of aromatic hydroxyl groups is 1. The lowest BCUT2D eigenvalue weighted by molar-refractivity contribution is -0.00315. The fourth-order valence-corrected chi connectivity index (χ4v) is 3.27. The Morgan fingerprint density at radius 2 is 1.56 bits per heavy atom. The lowest BCUT2D eigenvalue weighted by Gasteiger charge is -2.34. The molecule has 1 atom stereocenters. The van der Waals surface area contributed by atoms with Crippen molar-refractivity contribution in [3.63, 3.8) is 0 Å². The molecular weight excluding hydrogens is 310 g/mol. The first-order valence-corrected chi connectivity index (χ1v) is 8.84. The van der Waals surface area contributed by atoms with Crippen LogP contribution in [0.15, 0.2) is 54.6 Å². The highest BCUT2D eigenvalue weighted by Gasteiger charge is 2.22. The quantitative estimate of drug-likeness (QED) is 0.758. The number of aryl methyl sites for hydroxylation is 1. The van der Waals surface area contributed by atoms with Crippen molar-refractivity contribution in [3.8, 4) is 5.75 Å². The molecule has 0 aliphatic carbocycles. The predicted molar refractivity (Wildman–Crippen MR) is 104 cm³/mol. The molecular formula is C22H29NO2. The van der Waals surface area contributed by atoms with Gasteiger partial charge in [-0.3, -0.25) is 4.90 Å². The van der Waals surface area contributed by atoms with Crippen LogP contribution in [-0.4, -0.2) is 33.4 Å². The van der Waals surface area contributed by atoms with Gasteiger partial charge in [0.2, 0.25) is 0 Å². The molecule has 0 aliphatic heterocycles. The van der Waals surface area contributed by atoms with Gasteiger partial charge in [0.1, 0.15) is 12.0 Å². The summed E-state index contributed by atoms with van der Waals surface area (Å²) in [6.45, 7) is 10.3. The summed E-state index contributed by atoms with van der Waals surface area (Å²) in [6, 6.07) is 15.8. The summed E-state index contributed by atoms with van der Waals surface area (Å²) in [6.07, 6.45) is 1.10. The Bertz CT molecular complexity index is 712. The fourth-order valence-electron chi connectivity index (χ4n) is 3.27. The van der Waals surface area contributed by atoms with E-state index in [4.69, 9.17) is 0 Å². The normalized spacial score (nSPS) is 13.7. The molecule has 2 aromatic rings. The van der Waals surface area contributed by atoms with Gasteiger partial charge in [0.05, 0.1) is 0 Å². The third-order valence-corrected chi connectivity index (χ3v) is 4.34. The van der Waals surface area contributed by atoms with E-state index in [0.717, 1.165) is 22.3 Å². The van der Waals surface area contributed by atoms with Crippen molar-refractivity contribution in [1.29, 1.82) is 0 Å². The van der Waals surface area contributed by atoms with Gasteiger partial charge >= 0.3 is 0 Å². The van der Waals surface area contributed by atoms with Crippen LogP contribution in [0.5, 0.6) is 5.75 Å². The molecule has 0 saturated carbocycles. The number of benzene rings is 2. The lowest BCUT2D eigenvalue weighted by Crippen LogP contribution is -2.44. The Labute approximate surface area is 151 Å². The van der Waals surface area contributed by atoms with Crippen LogP contribution < -0.4 is 0 Å². The number of aliphatic hydroxyl groups excluding tert-OH is 1. The molecule has 25 heavy (non-hydrogen) atoms. The van der Waals surface area contributed by atoms with E-state index < -0.39 is 6.23 Å². The minimum atomic E-state index is -0.741. The van der Waals surface area contributed by atoms with Gasteiger partial charge in [-0.15, -0.1) is 0 Å². The molecule has 0 radical (unpaired) electrons. The molecule has 0 aromatic heterocycles. The maximum atomic E-state index is 10.9. The Kier molecular flexibility index (Phi) is 6.40. The molecule has 2 N–H and O–H groups in total. The second kappa shape index (κ2) is 8.32. The largest absolute Gasteiger partial charge is 0.507 e. The molecule has 3 nitrogen and oxygen atoms in total. The zero-order valence-electron chi connectivity index (χ0n) is 15.8. The summed E-state index contributed by atoms with van der Waals surface area (Å²) < 4.78 is 0. The molecule has 0 heterocycles. The SMILES string of the molecule is Cc1ccc(O)c(/C(=C\C(O)N(C(C)C)C(C)C)c2ccccc2)c1. The molecule has 1 unspecified atom stereocenters. The zero-order chi connectivity index (χ0) is 18.6. The molecule has 0 spiro atoms. The Morgan fingerprint density at radius 3 is 2.12 bits per heavy atom. The highest BCUT2D eigenvalue weighted by atomic mass is 16.3. The van der Waals surface area contributed by atoms with Crippen LogP contribution in [0.2, 0.25) is 0 Å². The molecule has 3 heteroatoms. The number of phenolic OH excluding ortho intramolecular Hbond substituents is 1. The van der Waals surface area contributed by atoms with Crippen LogP contribution in [0.1, 0.15) is 44.4 Å². The van der Waals surface area contributed by atoms with Gasteiger partial charge in [-0.2, -0.15) is 0 Å². The van der Waals surface area contributed by atoms with Gasteiger partial charge in [-0.1, -0.05) is 42.0 Å². The smallest absolute Gasteiger partial charge is 0.127 e. The van der Waals surface area contributed by atoms with Crippen LogP contribution in [-0.2, 0) is 0 Å². The number of phenols is 1. The maximum Gasteiger partial charge on any atom is 0.127 e. The monoisotopic (exact) mass is 339 g/mol. The van der Waals surface area contributed by atoms with Crippen LogP contribution in [0, 0.1) is 6.92 Å². The number of hydrogen-bond acceptors (Lipinski definition) is 3. The number of rotatable bonds is 6. The number of hydrogen-bond donors (Lipinski definition) is 2. The third-order valence-electron chi connectivity index (χ3n) is 4.34. The number of nitrogens with zero attached hydrogens (tertiary/aromatic N) is 1. The third kappa shape index (κ3) is 4.71. The first kappa shape index (κ1) is 19.2. The topological polar surface area (TPSA) is 43.7 Å². The first-order valence-electron chi connectivity index (χ1n) is 8.84. The minimum absolute atomic E-state index is 0.203.